The Kier molecular flexibility index (Phi) is 3.91. The number of thiophene rings is 1. The Labute approximate surface area is 109 Å². The minimum absolute atomic E-state index is 0.0343. The Morgan fingerprint density at radius 3 is 2.94 bits per heavy atom. The summed E-state index contributed by atoms with van der Waals surface area (Å²) in [7, 11) is 0. The van der Waals surface area contributed by atoms with Crippen LogP contribution in [0.1, 0.15) is 20.3 Å². The van der Waals surface area contributed by atoms with E-state index in [2.05, 4.69) is 10.3 Å². The molecule has 0 aliphatic heterocycles. The second kappa shape index (κ2) is 5.42. The molecule has 5 heteroatoms. The van der Waals surface area contributed by atoms with Crippen LogP contribution in [0.2, 0.25) is 0 Å². The summed E-state index contributed by atoms with van der Waals surface area (Å²) >= 11 is 3.12. The smallest absolute Gasteiger partial charge is 0.226 e. The maximum Gasteiger partial charge on any atom is 0.226 e. The lowest BCUT2D eigenvalue weighted by Gasteiger charge is -2.03. The monoisotopic (exact) mass is 266 g/mol. The predicted molar refractivity (Wildman–Crippen MR) is 73.5 cm³/mol. The number of hydrogen-bond acceptors (Lipinski definition) is 4. The molecule has 1 amide bonds. The second-order valence-corrected chi connectivity index (χ2v) is 5.97. The average Bonchev–Trinajstić information content (AvgIpc) is 2.84. The van der Waals surface area contributed by atoms with Crippen LogP contribution < -0.4 is 5.32 Å². The fourth-order valence-corrected chi connectivity index (χ4v) is 2.90. The molecule has 0 spiro atoms. The predicted octanol–water partition coefficient (Wildman–Crippen LogP) is 3.86. The maximum atomic E-state index is 11.6. The van der Waals surface area contributed by atoms with Gasteiger partial charge in [0.15, 0.2) is 5.13 Å². The summed E-state index contributed by atoms with van der Waals surface area (Å²) in [5.41, 5.74) is 0.935. The molecule has 2 rings (SSSR count). The summed E-state index contributed by atoms with van der Waals surface area (Å²) in [4.78, 5) is 17.1. The summed E-state index contributed by atoms with van der Waals surface area (Å²) in [5.74, 6) is 0.402. The van der Waals surface area contributed by atoms with Crippen molar-refractivity contribution in [1.29, 1.82) is 0 Å². The Bertz CT molecular complexity index is 488. The quantitative estimate of drug-likeness (QED) is 0.913. The Morgan fingerprint density at radius 1 is 1.47 bits per heavy atom. The van der Waals surface area contributed by atoms with E-state index in [1.165, 1.54) is 11.3 Å². The third kappa shape index (κ3) is 3.38. The summed E-state index contributed by atoms with van der Waals surface area (Å²) in [6, 6.07) is 4.02. The number of carbonyl (C=O) groups is 1. The van der Waals surface area contributed by atoms with Crippen molar-refractivity contribution in [2.75, 3.05) is 5.32 Å². The normalized spacial score (nSPS) is 10.8. The van der Waals surface area contributed by atoms with Crippen LogP contribution in [-0.4, -0.2) is 10.9 Å². The van der Waals surface area contributed by atoms with Gasteiger partial charge in [-0.3, -0.25) is 4.79 Å². The van der Waals surface area contributed by atoms with Gasteiger partial charge in [-0.25, -0.2) is 4.98 Å². The summed E-state index contributed by atoms with van der Waals surface area (Å²) < 4.78 is 0. The fourth-order valence-electron chi connectivity index (χ4n) is 1.41. The molecule has 2 aromatic heterocycles. The van der Waals surface area contributed by atoms with E-state index in [1.807, 2.05) is 36.7 Å². The third-order valence-electron chi connectivity index (χ3n) is 2.12. The molecule has 0 aliphatic carbocycles. The van der Waals surface area contributed by atoms with E-state index in [9.17, 15) is 4.79 Å². The van der Waals surface area contributed by atoms with Gasteiger partial charge in [0.05, 0.1) is 10.6 Å². The molecular formula is C12H14N2OS2. The van der Waals surface area contributed by atoms with Crippen LogP contribution in [0.25, 0.3) is 10.6 Å². The SMILES string of the molecule is CC(C)CC(=O)Nc1nc(-c2cccs2)cs1. The van der Waals surface area contributed by atoms with Gasteiger partial charge in [0.1, 0.15) is 0 Å². The van der Waals surface area contributed by atoms with Crippen molar-refractivity contribution in [3.05, 3.63) is 22.9 Å². The number of anilines is 1. The summed E-state index contributed by atoms with van der Waals surface area (Å²) in [6.45, 7) is 4.05. The van der Waals surface area contributed by atoms with Crippen LogP contribution >= 0.6 is 22.7 Å². The molecule has 0 radical (unpaired) electrons. The van der Waals surface area contributed by atoms with Gasteiger partial charge in [0, 0.05) is 11.8 Å². The fraction of sp³-hybridized carbons (Fsp3) is 0.333. The van der Waals surface area contributed by atoms with E-state index in [1.54, 1.807) is 11.3 Å². The number of hydrogen-bond donors (Lipinski definition) is 1. The maximum absolute atomic E-state index is 11.6. The molecule has 0 saturated carbocycles. The first-order valence-corrected chi connectivity index (χ1v) is 7.20. The van der Waals surface area contributed by atoms with Crippen molar-refractivity contribution in [3.63, 3.8) is 0 Å². The van der Waals surface area contributed by atoms with E-state index in [0.717, 1.165) is 10.6 Å². The minimum atomic E-state index is 0.0343. The molecule has 0 atom stereocenters. The highest BCUT2D eigenvalue weighted by Crippen LogP contribution is 2.28. The van der Waals surface area contributed by atoms with Crippen molar-refractivity contribution in [1.82, 2.24) is 4.98 Å². The number of nitrogens with zero attached hydrogens (tertiary/aromatic N) is 1. The van der Waals surface area contributed by atoms with Gasteiger partial charge in [-0.1, -0.05) is 19.9 Å². The highest BCUT2D eigenvalue weighted by atomic mass is 32.1. The zero-order valence-electron chi connectivity index (χ0n) is 9.77. The number of rotatable bonds is 4. The van der Waals surface area contributed by atoms with Crippen LogP contribution in [0.4, 0.5) is 5.13 Å². The van der Waals surface area contributed by atoms with Crippen molar-refractivity contribution in [2.24, 2.45) is 5.92 Å². The van der Waals surface area contributed by atoms with Gasteiger partial charge in [0.2, 0.25) is 5.91 Å². The second-order valence-electron chi connectivity index (χ2n) is 4.16. The van der Waals surface area contributed by atoms with Gasteiger partial charge in [0.25, 0.3) is 0 Å². The highest BCUT2D eigenvalue weighted by Gasteiger charge is 2.09. The number of amides is 1. The molecule has 90 valence electrons. The Hall–Kier alpha value is -1.20. The zero-order valence-corrected chi connectivity index (χ0v) is 11.4. The van der Waals surface area contributed by atoms with Crippen LogP contribution in [0.15, 0.2) is 22.9 Å². The molecular weight excluding hydrogens is 252 g/mol. The number of nitrogens with one attached hydrogen (secondary N) is 1. The average molecular weight is 266 g/mol. The first-order chi connectivity index (χ1) is 8.15. The molecule has 1 N–H and O–H groups in total. The first kappa shape index (κ1) is 12.3. The van der Waals surface area contributed by atoms with Gasteiger partial charge in [-0.05, 0) is 17.4 Å². The highest BCUT2D eigenvalue weighted by molar-refractivity contribution is 7.16. The molecule has 0 bridgehead atoms. The van der Waals surface area contributed by atoms with Crippen molar-refractivity contribution >= 4 is 33.7 Å². The van der Waals surface area contributed by atoms with E-state index in [0.29, 0.717) is 17.5 Å². The van der Waals surface area contributed by atoms with Gasteiger partial charge < -0.3 is 5.32 Å². The lowest BCUT2D eigenvalue weighted by Crippen LogP contribution is -2.13. The summed E-state index contributed by atoms with van der Waals surface area (Å²) in [6.07, 6.45) is 0.536. The van der Waals surface area contributed by atoms with Crippen molar-refractivity contribution in [2.45, 2.75) is 20.3 Å². The van der Waals surface area contributed by atoms with Crippen molar-refractivity contribution < 1.29 is 4.79 Å². The molecule has 0 aromatic carbocycles. The van der Waals surface area contributed by atoms with E-state index in [4.69, 9.17) is 0 Å². The van der Waals surface area contributed by atoms with Crippen LogP contribution in [0.3, 0.4) is 0 Å². The molecule has 0 unspecified atom stereocenters. The van der Waals surface area contributed by atoms with Gasteiger partial charge in [-0.15, -0.1) is 22.7 Å². The number of carbonyl (C=O) groups excluding carboxylic acids is 1. The van der Waals surface area contributed by atoms with E-state index in [-0.39, 0.29) is 5.91 Å². The number of aromatic nitrogens is 1. The topological polar surface area (TPSA) is 42.0 Å². The minimum Gasteiger partial charge on any atom is -0.302 e. The molecule has 2 aromatic rings. The Balaban J connectivity index is 2.02. The molecule has 0 fully saturated rings. The third-order valence-corrected chi connectivity index (χ3v) is 3.77. The van der Waals surface area contributed by atoms with E-state index < -0.39 is 0 Å². The van der Waals surface area contributed by atoms with Gasteiger partial charge >= 0.3 is 0 Å². The summed E-state index contributed by atoms with van der Waals surface area (Å²) in [5, 5.41) is 7.50. The largest absolute Gasteiger partial charge is 0.302 e. The van der Waals surface area contributed by atoms with Crippen LogP contribution in [0.5, 0.6) is 0 Å². The Morgan fingerprint density at radius 2 is 2.29 bits per heavy atom. The zero-order chi connectivity index (χ0) is 12.3. The lowest BCUT2D eigenvalue weighted by atomic mass is 10.1. The molecule has 0 saturated heterocycles. The standard InChI is InChI=1S/C12H14N2OS2/c1-8(2)6-11(15)14-12-13-9(7-17-12)10-4-3-5-16-10/h3-5,7-8H,6H2,1-2H3,(H,13,14,15). The first-order valence-electron chi connectivity index (χ1n) is 5.44. The molecule has 17 heavy (non-hydrogen) atoms. The van der Waals surface area contributed by atoms with Crippen LogP contribution in [0, 0.1) is 5.92 Å². The number of thiazole rings is 1. The molecule has 0 aliphatic rings. The van der Waals surface area contributed by atoms with Crippen LogP contribution in [-0.2, 0) is 4.79 Å². The van der Waals surface area contributed by atoms with E-state index >= 15 is 0 Å². The molecule has 2 heterocycles. The van der Waals surface area contributed by atoms with Crippen molar-refractivity contribution in [3.8, 4) is 10.6 Å². The van der Waals surface area contributed by atoms with Gasteiger partial charge in [-0.2, -0.15) is 0 Å². The lowest BCUT2D eigenvalue weighted by molar-refractivity contribution is -0.116. The molecule has 3 nitrogen and oxygen atoms in total.